The van der Waals surface area contributed by atoms with E-state index in [4.69, 9.17) is 15.6 Å². The monoisotopic (exact) mass is 174 g/mol. The number of nitrogens with two attached hydrogens (primary N) is 1. The molecule has 1 saturated heterocycles. The van der Waals surface area contributed by atoms with E-state index in [-0.39, 0.29) is 6.10 Å². The molecular weight excluding hydrogens is 160 g/mol. The van der Waals surface area contributed by atoms with Gasteiger partial charge in [-0.05, 0) is 12.8 Å². The Morgan fingerprint density at radius 2 is 2.42 bits per heavy atom. The number of nitrogens with zero attached hydrogens (tertiary/aromatic N) is 1. The molecule has 2 unspecified atom stereocenters. The molecule has 1 rings (SSSR count). The summed E-state index contributed by atoms with van der Waals surface area (Å²) in [6, 6.07) is 0. The maximum Gasteiger partial charge on any atom is 0.408 e. The van der Waals surface area contributed by atoms with Gasteiger partial charge in [-0.1, -0.05) is 0 Å². The molecule has 70 valence electrons. The summed E-state index contributed by atoms with van der Waals surface area (Å²) < 4.78 is 5.05. The molecule has 2 atom stereocenters. The Labute approximate surface area is 71.1 Å². The first-order valence-electron chi connectivity index (χ1n) is 3.94. The molecule has 0 bridgehead atoms. The van der Waals surface area contributed by atoms with Crippen molar-refractivity contribution in [2.24, 2.45) is 5.73 Å². The van der Waals surface area contributed by atoms with Gasteiger partial charge >= 0.3 is 6.09 Å². The summed E-state index contributed by atoms with van der Waals surface area (Å²) in [6.07, 6.45) is 0.0142. The fourth-order valence-electron chi connectivity index (χ4n) is 1.46. The van der Waals surface area contributed by atoms with Gasteiger partial charge < -0.3 is 15.6 Å². The Kier molecular flexibility index (Phi) is 2.88. The lowest BCUT2D eigenvalue weighted by Crippen LogP contribution is -2.56. The Hall–Kier alpha value is -0.810. The lowest BCUT2D eigenvalue weighted by atomic mass is 10.1. The van der Waals surface area contributed by atoms with Crippen LogP contribution in [-0.2, 0) is 4.74 Å². The van der Waals surface area contributed by atoms with Crippen molar-refractivity contribution in [2.75, 3.05) is 13.7 Å². The van der Waals surface area contributed by atoms with Crippen molar-refractivity contribution in [3.63, 3.8) is 0 Å². The first kappa shape index (κ1) is 9.28. The topological polar surface area (TPSA) is 75.8 Å². The minimum atomic E-state index is -0.968. The number of ether oxygens (including phenoxy) is 1. The fraction of sp³-hybridized carbons (Fsp3) is 0.857. The van der Waals surface area contributed by atoms with Gasteiger partial charge in [0, 0.05) is 13.7 Å². The molecular formula is C7H14N2O3. The lowest BCUT2D eigenvalue weighted by molar-refractivity contribution is -0.00903. The lowest BCUT2D eigenvalue weighted by Gasteiger charge is -2.36. The number of amides is 1. The molecule has 3 N–H and O–H groups in total. The van der Waals surface area contributed by atoms with E-state index < -0.39 is 12.3 Å². The Bertz CT molecular complexity index is 174. The predicted molar refractivity (Wildman–Crippen MR) is 42.7 cm³/mol. The molecule has 1 aliphatic heterocycles. The van der Waals surface area contributed by atoms with Crippen LogP contribution in [0.1, 0.15) is 12.8 Å². The number of piperidine rings is 1. The van der Waals surface area contributed by atoms with Crippen molar-refractivity contribution in [2.45, 2.75) is 25.1 Å². The van der Waals surface area contributed by atoms with E-state index in [9.17, 15) is 4.79 Å². The summed E-state index contributed by atoms with van der Waals surface area (Å²) in [7, 11) is 1.55. The second kappa shape index (κ2) is 3.73. The summed E-state index contributed by atoms with van der Waals surface area (Å²) in [5.74, 6) is 0. The highest BCUT2D eigenvalue weighted by molar-refractivity contribution is 5.65. The summed E-state index contributed by atoms with van der Waals surface area (Å²) >= 11 is 0. The fourth-order valence-corrected chi connectivity index (χ4v) is 1.46. The summed E-state index contributed by atoms with van der Waals surface area (Å²) in [5.41, 5.74) is 5.65. The van der Waals surface area contributed by atoms with Crippen LogP contribution in [0.2, 0.25) is 0 Å². The van der Waals surface area contributed by atoms with Gasteiger partial charge in [0.25, 0.3) is 0 Å². The zero-order chi connectivity index (χ0) is 9.14. The van der Waals surface area contributed by atoms with Gasteiger partial charge in [0.05, 0.1) is 6.10 Å². The van der Waals surface area contributed by atoms with E-state index in [2.05, 4.69) is 0 Å². The van der Waals surface area contributed by atoms with E-state index in [0.29, 0.717) is 6.54 Å². The normalized spacial score (nSPS) is 30.3. The zero-order valence-corrected chi connectivity index (χ0v) is 7.06. The van der Waals surface area contributed by atoms with Crippen LogP contribution in [-0.4, -0.2) is 42.0 Å². The van der Waals surface area contributed by atoms with Crippen molar-refractivity contribution >= 4 is 6.09 Å². The maximum absolute atomic E-state index is 10.6. The third kappa shape index (κ3) is 1.67. The number of hydrogen-bond acceptors (Lipinski definition) is 3. The largest absolute Gasteiger partial charge is 0.465 e. The van der Waals surface area contributed by atoms with Crippen molar-refractivity contribution in [3.05, 3.63) is 0 Å². The van der Waals surface area contributed by atoms with Crippen LogP contribution in [0.3, 0.4) is 0 Å². The number of hydrogen-bond donors (Lipinski definition) is 2. The highest BCUT2D eigenvalue weighted by Crippen LogP contribution is 2.16. The number of likely N-dealkylation sites (tertiary alicyclic amines) is 1. The highest BCUT2D eigenvalue weighted by atomic mass is 16.5. The van der Waals surface area contributed by atoms with E-state index in [1.807, 2.05) is 0 Å². The molecule has 5 nitrogen and oxygen atoms in total. The molecule has 5 heteroatoms. The first-order valence-corrected chi connectivity index (χ1v) is 3.94. The van der Waals surface area contributed by atoms with E-state index in [0.717, 1.165) is 12.8 Å². The van der Waals surface area contributed by atoms with Gasteiger partial charge in [0.1, 0.15) is 6.17 Å². The average molecular weight is 174 g/mol. The smallest absolute Gasteiger partial charge is 0.408 e. The molecule has 0 spiro atoms. The third-order valence-electron chi connectivity index (χ3n) is 2.18. The summed E-state index contributed by atoms with van der Waals surface area (Å²) in [4.78, 5) is 11.8. The quantitative estimate of drug-likeness (QED) is 0.589. The van der Waals surface area contributed by atoms with Crippen LogP contribution in [0.5, 0.6) is 0 Å². The minimum Gasteiger partial charge on any atom is -0.465 e. The summed E-state index contributed by atoms with van der Waals surface area (Å²) in [6.45, 7) is 0.510. The molecule has 0 aromatic heterocycles. The SMILES string of the molecule is COC1CCCN(C(=O)O)C1N. The number of rotatable bonds is 1. The van der Waals surface area contributed by atoms with Gasteiger partial charge in [-0.25, -0.2) is 4.79 Å². The average Bonchev–Trinajstić information content (AvgIpc) is 2.04. The minimum absolute atomic E-state index is 0.158. The van der Waals surface area contributed by atoms with Gasteiger partial charge in [-0.2, -0.15) is 0 Å². The van der Waals surface area contributed by atoms with E-state index in [1.165, 1.54) is 4.90 Å². The Balaban J connectivity index is 2.59. The zero-order valence-electron chi connectivity index (χ0n) is 7.06. The number of carboxylic acid groups (broad SMARTS) is 1. The van der Waals surface area contributed by atoms with E-state index >= 15 is 0 Å². The van der Waals surface area contributed by atoms with Crippen molar-refractivity contribution in [1.82, 2.24) is 4.90 Å². The summed E-state index contributed by atoms with van der Waals surface area (Å²) in [5, 5.41) is 8.71. The molecule has 12 heavy (non-hydrogen) atoms. The Morgan fingerprint density at radius 3 is 2.92 bits per heavy atom. The van der Waals surface area contributed by atoms with E-state index in [1.54, 1.807) is 7.11 Å². The third-order valence-corrected chi connectivity index (χ3v) is 2.18. The van der Waals surface area contributed by atoms with Gasteiger partial charge in [-0.3, -0.25) is 4.90 Å². The van der Waals surface area contributed by atoms with Gasteiger partial charge in [-0.15, -0.1) is 0 Å². The molecule has 1 heterocycles. The van der Waals surface area contributed by atoms with Crippen molar-refractivity contribution in [3.8, 4) is 0 Å². The molecule has 1 aliphatic rings. The first-order chi connectivity index (χ1) is 5.66. The van der Waals surface area contributed by atoms with Crippen LogP contribution < -0.4 is 5.73 Å². The van der Waals surface area contributed by atoms with Crippen LogP contribution >= 0.6 is 0 Å². The van der Waals surface area contributed by atoms with Gasteiger partial charge in [0.2, 0.25) is 0 Å². The second-order valence-electron chi connectivity index (χ2n) is 2.88. The number of methoxy groups -OCH3 is 1. The second-order valence-corrected chi connectivity index (χ2v) is 2.88. The van der Waals surface area contributed by atoms with Crippen molar-refractivity contribution in [1.29, 1.82) is 0 Å². The molecule has 0 saturated carbocycles. The molecule has 0 radical (unpaired) electrons. The van der Waals surface area contributed by atoms with Crippen LogP contribution in [0, 0.1) is 0 Å². The highest BCUT2D eigenvalue weighted by Gasteiger charge is 2.31. The standard InChI is InChI=1S/C7H14N2O3/c1-12-5-3-2-4-9(6(5)8)7(10)11/h5-6H,2-4,8H2,1H3,(H,10,11). The van der Waals surface area contributed by atoms with Crippen molar-refractivity contribution < 1.29 is 14.6 Å². The van der Waals surface area contributed by atoms with Gasteiger partial charge in [0.15, 0.2) is 0 Å². The maximum atomic E-state index is 10.6. The molecule has 1 fully saturated rings. The predicted octanol–water partition coefficient (Wildman–Crippen LogP) is 0.0600. The van der Waals surface area contributed by atoms with Crippen LogP contribution in [0.4, 0.5) is 4.79 Å². The molecule has 0 aromatic rings. The van der Waals surface area contributed by atoms with Crippen LogP contribution in [0.25, 0.3) is 0 Å². The molecule has 0 aromatic carbocycles. The number of carbonyl (C=O) groups is 1. The molecule has 1 amide bonds. The van der Waals surface area contributed by atoms with Crippen LogP contribution in [0.15, 0.2) is 0 Å². The molecule has 0 aliphatic carbocycles. The Morgan fingerprint density at radius 1 is 1.75 bits per heavy atom.